The van der Waals surface area contributed by atoms with Crippen molar-refractivity contribution in [3.05, 3.63) is 106 Å². The second kappa shape index (κ2) is 18.2. The number of carbonyl (C=O) groups is 1. The van der Waals surface area contributed by atoms with E-state index < -0.39 is 41.5 Å². The highest BCUT2D eigenvalue weighted by Gasteiger charge is 2.42. The van der Waals surface area contributed by atoms with Crippen LogP contribution in [0.3, 0.4) is 0 Å². The summed E-state index contributed by atoms with van der Waals surface area (Å²) < 4.78 is 35.9. The summed E-state index contributed by atoms with van der Waals surface area (Å²) in [6.45, 7) is 5.93. The summed E-state index contributed by atoms with van der Waals surface area (Å²) in [6.07, 6.45) is -2.31. The molecule has 0 bridgehead atoms. The van der Waals surface area contributed by atoms with Crippen molar-refractivity contribution in [2.45, 2.75) is 63.6 Å². The van der Waals surface area contributed by atoms with E-state index in [0.29, 0.717) is 18.8 Å². The molecule has 13 heteroatoms. The van der Waals surface area contributed by atoms with Gasteiger partial charge in [-0.25, -0.2) is 4.79 Å². The van der Waals surface area contributed by atoms with Gasteiger partial charge < -0.3 is 43.5 Å². The predicted molar refractivity (Wildman–Crippen MR) is 198 cm³/mol. The van der Waals surface area contributed by atoms with E-state index in [9.17, 15) is 25.1 Å². The van der Waals surface area contributed by atoms with Gasteiger partial charge in [-0.1, -0.05) is 48.5 Å². The number of fused-ring (bicyclic) bond motifs is 1. The molecule has 0 radical (unpaired) electrons. The molecule has 4 atom stereocenters. The van der Waals surface area contributed by atoms with Gasteiger partial charge in [-0.05, 0) is 67.6 Å². The van der Waals surface area contributed by atoms with Crippen molar-refractivity contribution >= 4 is 22.6 Å². The molecule has 2 N–H and O–H groups in total. The number of piperidine rings is 1. The van der Waals surface area contributed by atoms with E-state index in [1.54, 1.807) is 51.0 Å². The van der Waals surface area contributed by atoms with E-state index in [0.717, 1.165) is 27.6 Å². The van der Waals surface area contributed by atoms with Gasteiger partial charge in [0.1, 0.15) is 23.2 Å². The molecule has 1 fully saturated rings. The Balaban J connectivity index is 1.34. The summed E-state index contributed by atoms with van der Waals surface area (Å²) in [6, 6.07) is 25.7. The van der Waals surface area contributed by atoms with E-state index >= 15 is 0 Å². The molecule has 4 aromatic carbocycles. The molecule has 284 valence electrons. The SMILES string of the molecule is COc1cc(CO[C@H]2CN(C(=O)OC(C)(C)C)C[C@@H](OC[C@@H](O)CO)[C@@H]2c2ccc(OCCCOc3ccccc3[N+](=O)[O-])cc2)cc2ccccc12. The van der Waals surface area contributed by atoms with Gasteiger partial charge in [0, 0.05) is 23.8 Å². The van der Waals surface area contributed by atoms with Crippen molar-refractivity contribution in [1.29, 1.82) is 0 Å². The molecule has 1 heterocycles. The first-order valence-corrected chi connectivity index (χ1v) is 17.6. The maximum Gasteiger partial charge on any atom is 0.410 e. The number of hydrogen-bond acceptors (Lipinski definition) is 11. The Bertz CT molecular complexity index is 1810. The largest absolute Gasteiger partial charge is 0.496 e. The second-order valence-electron chi connectivity index (χ2n) is 13.8. The molecule has 53 heavy (non-hydrogen) atoms. The average Bonchev–Trinajstić information content (AvgIpc) is 3.15. The maximum atomic E-state index is 13.4. The van der Waals surface area contributed by atoms with Crippen molar-refractivity contribution in [1.82, 2.24) is 4.90 Å². The zero-order chi connectivity index (χ0) is 38.0. The van der Waals surface area contributed by atoms with Gasteiger partial charge in [0.15, 0.2) is 5.75 Å². The lowest BCUT2D eigenvalue weighted by Gasteiger charge is -2.44. The van der Waals surface area contributed by atoms with E-state index in [1.165, 1.54) is 6.07 Å². The number of methoxy groups -OCH3 is 1. The van der Waals surface area contributed by atoms with Crippen molar-refractivity contribution in [3.63, 3.8) is 0 Å². The Morgan fingerprint density at radius 3 is 2.30 bits per heavy atom. The molecule has 1 aliphatic rings. The van der Waals surface area contributed by atoms with Gasteiger partial charge in [-0.3, -0.25) is 10.1 Å². The molecule has 13 nitrogen and oxygen atoms in total. The quantitative estimate of drug-likeness (QED) is 0.0761. The lowest BCUT2D eigenvalue weighted by atomic mass is 9.84. The monoisotopic (exact) mass is 732 g/mol. The first-order valence-electron chi connectivity index (χ1n) is 17.6. The highest BCUT2D eigenvalue weighted by Crippen LogP contribution is 2.36. The van der Waals surface area contributed by atoms with Crippen LogP contribution >= 0.6 is 0 Å². The lowest BCUT2D eigenvalue weighted by molar-refractivity contribution is -0.385. The van der Waals surface area contributed by atoms with E-state index in [4.69, 9.17) is 28.4 Å². The van der Waals surface area contributed by atoms with Crippen LogP contribution in [0, 0.1) is 10.1 Å². The molecular formula is C40H48N2O11. The number of nitrogens with zero attached hydrogens (tertiary/aromatic N) is 2. The third kappa shape index (κ3) is 10.8. The maximum absolute atomic E-state index is 13.4. The van der Waals surface area contributed by atoms with Gasteiger partial charge in [-0.2, -0.15) is 0 Å². The molecular weight excluding hydrogens is 684 g/mol. The minimum Gasteiger partial charge on any atom is -0.496 e. The summed E-state index contributed by atoms with van der Waals surface area (Å²) in [5, 5.41) is 33.0. The van der Waals surface area contributed by atoms with Crippen molar-refractivity contribution < 1.29 is 48.4 Å². The van der Waals surface area contributed by atoms with Gasteiger partial charge in [0.05, 0.1) is 70.4 Å². The number of nitro benzene ring substituents is 1. The minimum absolute atomic E-state index is 0.0895. The van der Waals surface area contributed by atoms with Crippen LogP contribution in [0.1, 0.15) is 44.2 Å². The van der Waals surface area contributed by atoms with Crippen LogP contribution in [-0.2, 0) is 20.8 Å². The Morgan fingerprint density at radius 1 is 0.925 bits per heavy atom. The normalized spacial score (nSPS) is 18.0. The van der Waals surface area contributed by atoms with Crippen LogP contribution in [-0.4, -0.2) is 96.7 Å². The first-order chi connectivity index (χ1) is 25.5. The summed E-state index contributed by atoms with van der Waals surface area (Å²) in [4.78, 5) is 25.7. The molecule has 0 unspecified atom stereocenters. The van der Waals surface area contributed by atoms with Crippen molar-refractivity contribution in [3.8, 4) is 17.2 Å². The van der Waals surface area contributed by atoms with Crippen LogP contribution in [0.25, 0.3) is 10.8 Å². The Labute approximate surface area is 309 Å². The third-order valence-corrected chi connectivity index (χ3v) is 8.68. The minimum atomic E-state index is -1.11. The number of benzene rings is 4. The van der Waals surface area contributed by atoms with Crippen LogP contribution < -0.4 is 14.2 Å². The molecule has 0 spiro atoms. The zero-order valence-electron chi connectivity index (χ0n) is 30.5. The fourth-order valence-electron chi connectivity index (χ4n) is 6.22. The number of rotatable bonds is 16. The number of aliphatic hydroxyl groups is 2. The number of aliphatic hydroxyl groups excluding tert-OH is 2. The van der Waals surface area contributed by atoms with Crippen LogP contribution in [0.5, 0.6) is 17.2 Å². The Kier molecular flexibility index (Phi) is 13.5. The van der Waals surface area contributed by atoms with Crippen molar-refractivity contribution in [2.75, 3.05) is 46.6 Å². The molecule has 1 aliphatic heterocycles. The summed E-state index contributed by atoms with van der Waals surface area (Å²) in [7, 11) is 1.63. The molecule has 1 saturated heterocycles. The number of hydrogen-bond donors (Lipinski definition) is 2. The number of nitro groups is 1. The Morgan fingerprint density at radius 2 is 1.60 bits per heavy atom. The standard InChI is InChI=1S/C40H48N2O11/c1-40(2,3)53-39(45)41-22-36(51-25-27-20-29-10-5-6-11-32(29)35(21-27)48-4)38(37(23-41)52-26-30(44)24-43)28-14-16-31(17-15-28)49-18-9-19-50-34-13-8-7-12-33(34)42(46)47/h5-8,10-17,20-21,30,36-38,43-44H,9,18-19,22-26H2,1-4H3/t30-,36-,37+,38+/m0/s1. The highest BCUT2D eigenvalue weighted by molar-refractivity contribution is 5.89. The summed E-state index contributed by atoms with van der Waals surface area (Å²) in [5.74, 6) is 1.16. The molecule has 4 aromatic rings. The fourth-order valence-corrected chi connectivity index (χ4v) is 6.22. The van der Waals surface area contributed by atoms with Gasteiger partial charge in [0.2, 0.25) is 0 Å². The summed E-state index contributed by atoms with van der Waals surface area (Å²) in [5.41, 5.74) is 0.937. The van der Waals surface area contributed by atoms with Crippen LogP contribution in [0.4, 0.5) is 10.5 Å². The lowest BCUT2D eigenvalue weighted by Crippen LogP contribution is -2.55. The molecule has 1 amide bonds. The zero-order valence-corrected chi connectivity index (χ0v) is 30.5. The van der Waals surface area contributed by atoms with Gasteiger partial charge >= 0.3 is 11.8 Å². The topological polar surface area (TPSA) is 159 Å². The number of amides is 1. The first kappa shape index (κ1) is 39.3. The number of para-hydroxylation sites is 2. The fraction of sp³-hybridized carbons (Fsp3) is 0.425. The molecule has 0 aromatic heterocycles. The smallest absolute Gasteiger partial charge is 0.410 e. The second-order valence-corrected chi connectivity index (χ2v) is 13.8. The number of ether oxygens (including phenoxy) is 6. The van der Waals surface area contributed by atoms with E-state index in [-0.39, 0.29) is 50.3 Å². The number of carbonyl (C=O) groups excluding carboxylic acids is 1. The third-order valence-electron chi connectivity index (χ3n) is 8.68. The van der Waals surface area contributed by atoms with E-state index in [2.05, 4.69) is 0 Å². The number of likely N-dealkylation sites (tertiary alicyclic amines) is 1. The molecule has 0 saturated carbocycles. The van der Waals surface area contributed by atoms with Crippen LogP contribution in [0.15, 0.2) is 84.9 Å². The van der Waals surface area contributed by atoms with Gasteiger partial charge in [0.25, 0.3) is 0 Å². The summed E-state index contributed by atoms with van der Waals surface area (Å²) >= 11 is 0. The average molecular weight is 733 g/mol. The van der Waals surface area contributed by atoms with Gasteiger partial charge in [-0.15, -0.1) is 0 Å². The van der Waals surface area contributed by atoms with Crippen molar-refractivity contribution in [2.24, 2.45) is 0 Å². The molecule has 0 aliphatic carbocycles. The van der Waals surface area contributed by atoms with E-state index in [1.807, 2.05) is 60.7 Å². The Hall–Kier alpha value is -4.95. The highest BCUT2D eigenvalue weighted by atomic mass is 16.6. The molecule has 5 rings (SSSR count). The predicted octanol–water partition coefficient (Wildman–Crippen LogP) is 6.26. The van der Waals surface area contributed by atoms with Crippen LogP contribution in [0.2, 0.25) is 0 Å².